The number of carbonyl (C=O) groups excluding carboxylic acids is 1. The fraction of sp³-hybridized carbons (Fsp3) is 0.333. The van der Waals surface area contributed by atoms with Crippen molar-refractivity contribution in [3.8, 4) is 34.7 Å². The van der Waals surface area contributed by atoms with Crippen LogP contribution in [-0.4, -0.2) is 36.3 Å². The van der Waals surface area contributed by atoms with Gasteiger partial charge in [0, 0.05) is 17.2 Å². The monoisotopic (exact) mass is 495 g/mol. The Kier molecular flexibility index (Phi) is 6.86. The van der Waals surface area contributed by atoms with Gasteiger partial charge in [0.15, 0.2) is 0 Å². The molecule has 4 rings (SSSR count). The number of hydrogen-bond donors (Lipinski definition) is 2. The van der Waals surface area contributed by atoms with E-state index in [4.69, 9.17) is 15.0 Å². The summed E-state index contributed by atoms with van der Waals surface area (Å²) in [6.07, 6.45) is 1.97. The standard InChI is InChI=1S/C24H25N5O5S/c1-14(2)33-21-10-9-15(11-16(21)12-25)24-27-23(28-34-24)19-7-3-6-18-17(19)5-4-8-20(18)29-35(31,32)13-22(26)30/h3,6-7,9-11,14,20,29H,4-5,8,13H2,1-2H3,(H2,26,30)/t20-/m0/s1. The zero-order valence-electron chi connectivity index (χ0n) is 19.3. The van der Waals surface area contributed by atoms with Gasteiger partial charge in [0.25, 0.3) is 5.89 Å². The molecule has 0 fully saturated rings. The third-order valence-corrected chi connectivity index (χ3v) is 6.85. The fourth-order valence-corrected chi connectivity index (χ4v) is 5.32. The van der Waals surface area contributed by atoms with Crippen LogP contribution in [0.2, 0.25) is 0 Å². The smallest absolute Gasteiger partial charge is 0.258 e. The summed E-state index contributed by atoms with van der Waals surface area (Å²) >= 11 is 0. The van der Waals surface area contributed by atoms with Gasteiger partial charge >= 0.3 is 0 Å². The number of primary amides is 1. The normalized spacial score (nSPS) is 15.4. The molecule has 0 aliphatic heterocycles. The molecule has 0 radical (unpaired) electrons. The molecule has 1 heterocycles. The third kappa shape index (κ3) is 5.50. The highest BCUT2D eigenvalue weighted by Crippen LogP contribution is 2.36. The molecule has 0 bridgehead atoms. The maximum atomic E-state index is 12.3. The van der Waals surface area contributed by atoms with Crippen molar-refractivity contribution in [3.05, 3.63) is 53.1 Å². The number of rotatable bonds is 8. The van der Waals surface area contributed by atoms with Crippen molar-refractivity contribution in [1.29, 1.82) is 5.26 Å². The molecule has 0 saturated heterocycles. The second-order valence-electron chi connectivity index (χ2n) is 8.57. The molecule has 0 saturated carbocycles. The van der Waals surface area contributed by atoms with Crippen LogP contribution in [-0.2, 0) is 21.2 Å². The number of amides is 1. The maximum absolute atomic E-state index is 12.3. The van der Waals surface area contributed by atoms with E-state index in [0.717, 1.165) is 23.1 Å². The summed E-state index contributed by atoms with van der Waals surface area (Å²) in [5, 5.41) is 13.6. The Morgan fingerprint density at radius 1 is 1.34 bits per heavy atom. The average Bonchev–Trinajstić information content (AvgIpc) is 3.28. The summed E-state index contributed by atoms with van der Waals surface area (Å²) in [5.41, 5.74) is 8.46. The quantitative estimate of drug-likeness (QED) is 0.482. The second kappa shape index (κ2) is 9.85. The van der Waals surface area contributed by atoms with Crippen LogP contribution >= 0.6 is 0 Å². The molecule has 1 aliphatic rings. The number of nitrogens with one attached hydrogen (secondary N) is 1. The molecule has 3 aromatic rings. The molecule has 1 aromatic heterocycles. The van der Waals surface area contributed by atoms with E-state index in [1.54, 1.807) is 24.3 Å². The van der Waals surface area contributed by atoms with Crippen LogP contribution in [0, 0.1) is 11.3 Å². The number of nitriles is 1. The molecule has 0 unspecified atom stereocenters. The largest absolute Gasteiger partial charge is 0.490 e. The summed E-state index contributed by atoms with van der Waals surface area (Å²) in [6, 6.07) is 12.2. The number of aromatic nitrogens is 2. The van der Waals surface area contributed by atoms with Gasteiger partial charge < -0.3 is 15.0 Å². The van der Waals surface area contributed by atoms with Crippen LogP contribution in [0.15, 0.2) is 40.9 Å². The lowest BCUT2D eigenvalue weighted by atomic mass is 9.85. The summed E-state index contributed by atoms with van der Waals surface area (Å²) < 4.78 is 38.3. The highest BCUT2D eigenvalue weighted by molar-refractivity contribution is 7.90. The van der Waals surface area contributed by atoms with Crippen molar-refractivity contribution in [2.24, 2.45) is 5.73 Å². The van der Waals surface area contributed by atoms with Gasteiger partial charge in [-0.1, -0.05) is 23.4 Å². The lowest BCUT2D eigenvalue weighted by Crippen LogP contribution is -2.37. The molecule has 1 amide bonds. The minimum Gasteiger partial charge on any atom is -0.490 e. The summed E-state index contributed by atoms with van der Waals surface area (Å²) in [7, 11) is -3.86. The lowest BCUT2D eigenvalue weighted by Gasteiger charge is -2.27. The van der Waals surface area contributed by atoms with E-state index in [1.165, 1.54) is 0 Å². The summed E-state index contributed by atoms with van der Waals surface area (Å²) in [5.74, 6) is -0.588. The molecule has 35 heavy (non-hydrogen) atoms. The van der Waals surface area contributed by atoms with E-state index in [-0.39, 0.29) is 12.0 Å². The molecule has 1 atom stereocenters. The first-order valence-electron chi connectivity index (χ1n) is 11.1. The zero-order valence-corrected chi connectivity index (χ0v) is 20.1. The molecule has 10 nitrogen and oxygen atoms in total. The van der Waals surface area contributed by atoms with Crippen LogP contribution in [0.4, 0.5) is 0 Å². The van der Waals surface area contributed by atoms with Crippen molar-refractivity contribution >= 4 is 15.9 Å². The minimum atomic E-state index is -3.86. The van der Waals surface area contributed by atoms with Crippen molar-refractivity contribution < 1.29 is 22.5 Å². The van der Waals surface area contributed by atoms with E-state index < -0.39 is 27.7 Å². The Morgan fingerprint density at radius 3 is 2.86 bits per heavy atom. The van der Waals surface area contributed by atoms with E-state index in [2.05, 4.69) is 20.9 Å². The number of nitrogens with zero attached hydrogens (tertiary/aromatic N) is 3. The maximum Gasteiger partial charge on any atom is 0.258 e. The van der Waals surface area contributed by atoms with E-state index in [0.29, 0.717) is 35.5 Å². The Balaban J connectivity index is 1.65. The van der Waals surface area contributed by atoms with Crippen molar-refractivity contribution in [2.75, 3.05) is 5.75 Å². The number of fused-ring (bicyclic) bond motifs is 1. The van der Waals surface area contributed by atoms with E-state index in [1.807, 2.05) is 26.0 Å². The van der Waals surface area contributed by atoms with Crippen LogP contribution in [0.1, 0.15) is 49.4 Å². The van der Waals surface area contributed by atoms with Crippen LogP contribution in [0.25, 0.3) is 22.8 Å². The number of carbonyl (C=O) groups is 1. The van der Waals surface area contributed by atoms with E-state index in [9.17, 15) is 18.5 Å². The lowest BCUT2D eigenvalue weighted by molar-refractivity contribution is -0.115. The van der Waals surface area contributed by atoms with Gasteiger partial charge in [-0.2, -0.15) is 10.2 Å². The predicted octanol–water partition coefficient (Wildman–Crippen LogP) is 2.84. The Labute approximate surface area is 203 Å². The van der Waals surface area contributed by atoms with Crippen molar-refractivity contribution in [1.82, 2.24) is 14.9 Å². The first-order chi connectivity index (χ1) is 16.7. The number of hydrogen-bond acceptors (Lipinski definition) is 8. The van der Waals surface area contributed by atoms with Gasteiger partial charge in [0.2, 0.25) is 21.8 Å². The van der Waals surface area contributed by atoms with Gasteiger partial charge in [-0.05, 0) is 62.4 Å². The third-order valence-electron chi connectivity index (χ3n) is 5.54. The fourth-order valence-electron chi connectivity index (χ4n) is 4.18. The van der Waals surface area contributed by atoms with Crippen LogP contribution in [0.5, 0.6) is 5.75 Å². The molecular weight excluding hydrogens is 470 g/mol. The molecular formula is C24H25N5O5S. The highest BCUT2D eigenvalue weighted by Gasteiger charge is 2.28. The minimum absolute atomic E-state index is 0.0729. The van der Waals surface area contributed by atoms with Crippen molar-refractivity contribution in [2.45, 2.75) is 45.3 Å². The van der Waals surface area contributed by atoms with Gasteiger partial charge in [-0.3, -0.25) is 4.79 Å². The van der Waals surface area contributed by atoms with Crippen molar-refractivity contribution in [3.63, 3.8) is 0 Å². The summed E-state index contributed by atoms with van der Waals surface area (Å²) in [4.78, 5) is 15.7. The van der Waals surface area contributed by atoms with Gasteiger partial charge in [-0.25, -0.2) is 13.1 Å². The van der Waals surface area contributed by atoms with Gasteiger partial charge in [0.05, 0.1) is 11.7 Å². The average molecular weight is 496 g/mol. The van der Waals surface area contributed by atoms with Crippen LogP contribution < -0.4 is 15.2 Å². The number of benzene rings is 2. The zero-order chi connectivity index (χ0) is 25.2. The first-order valence-corrected chi connectivity index (χ1v) is 12.8. The highest BCUT2D eigenvalue weighted by atomic mass is 32.2. The topological polar surface area (TPSA) is 161 Å². The Morgan fingerprint density at radius 2 is 2.14 bits per heavy atom. The molecule has 3 N–H and O–H groups in total. The summed E-state index contributed by atoms with van der Waals surface area (Å²) in [6.45, 7) is 3.76. The molecule has 182 valence electrons. The predicted molar refractivity (Wildman–Crippen MR) is 127 cm³/mol. The number of ether oxygens (including phenoxy) is 1. The molecule has 0 spiro atoms. The number of sulfonamides is 1. The SMILES string of the molecule is CC(C)Oc1ccc(-c2nc(-c3cccc4c3CCC[C@@H]4NS(=O)(=O)CC(N)=O)no2)cc1C#N. The molecule has 1 aliphatic carbocycles. The van der Waals surface area contributed by atoms with Crippen LogP contribution in [0.3, 0.4) is 0 Å². The van der Waals surface area contributed by atoms with Gasteiger partial charge in [0.1, 0.15) is 17.6 Å². The Hall–Kier alpha value is -3.75. The Bertz CT molecular complexity index is 1410. The van der Waals surface area contributed by atoms with Gasteiger partial charge in [-0.15, -0.1) is 0 Å². The van der Waals surface area contributed by atoms with E-state index >= 15 is 0 Å². The first kappa shape index (κ1) is 24.4. The number of nitrogens with two attached hydrogens (primary N) is 1. The second-order valence-corrected chi connectivity index (χ2v) is 10.3. The molecule has 11 heteroatoms. The molecule has 2 aromatic carbocycles.